The van der Waals surface area contributed by atoms with Crippen molar-refractivity contribution in [1.29, 1.82) is 0 Å². The van der Waals surface area contributed by atoms with Gasteiger partial charge in [0.25, 0.3) is 5.91 Å². The Morgan fingerprint density at radius 2 is 2.07 bits per heavy atom. The first-order chi connectivity index (χ1) is 12.9. The molecule has 0 aliphatic rings. The molecule has 27 heavy (non-hydrogen) atoms. The molecule has 0 bridgehead atoms. The normalized spacial score (nSPS) is 10.6. The van der Waals surface area contributed by atoms with Gasteiger partial charge in [-0.05, 0) is 52.7 Å². The molecule has 7 nitrogen and oxygen atoms in total. The molecule has 2 amide bonds. The summed E-state index contributed by atoms with van der Waals surface area (Å²) < 4.78 is 6.19. The van der Waals surface area contributed by atoms with Crippen LogP contribution in [0, 0.1) is 6.92 Å². The third-order valence-corrected chi connectivity index (χ3v) is 6.01. The van der Waals surface area contributed by atoms with Gasteiger partial charge in [-0.3, -0.25) is 14.9 Å². The number of carbonyl (C=O) groups excluding carboxylic acids is 2. The number of thioether (sulfide) groups is 1. The lowest BCUT2D eigenvalue weighted by Crippen LogP contribution is -2.13. The first kappa shape index (κ1) is 19.9. The van der Waals surface area contributed by atoms with Gasteiger partial charge in [-0.2, -0.15) is 0 Å². The van der Waals surface area contributed by atoms with Crippen LogP contribution in [0.15, 0.2) is 43.8 Å². The van der Waals surface area contributed by atoms with E-state index in [0.29, 0.717) is 24.9 Å². The maximum Gasteiger partial charge on any atom is 0.293 e. The molecule has 0 fully saturated rings. The first-order valence-electron chi connectivity index (χ1n) is 7.49. The summed E-state index contributed by atoms with van der Waals surface area (Å²) in [4.78, 5) is 24.0. The van der Waals surface area contributed by atoms with Crippen molar-refractivity contribution in [3.8, 4) is 0 Å². The molecule has 2 N–H and O–H groups in total. The lowest BCUT2D eigenvalue weighted by atomic mass is 10.2. The van der Waals surface area contributed by atoms with Crippen molar-refractivity contribution >= 4 is 73.3 Å². The van der Waals surface area contributed by atoms with Gasteiger partial charge in [0.05, 0.1) is 5.75 Å². The van der Waals surface area contributed by atoms with E-state index in [4.69, 9.17) is 16.0 Å². The monoisotopic (exact) mass is 486 g/mol. The largest absolute Gasteiger partial charge is 0.444 e. The number of benzene rings is 1. The number of hydrogen-bond donors (Lipinski definition) is 2. The molecule has 0 unspecified atom stereocenters. The highest BCUT2D eigenvalue weighted by molar-refractivity contribution is 9.10. The Labute approximate surface area is 176 Å². The second-order valence-electron chi connectivity index (χ2n) is 5.23. The van der Waals surface area contributed by atoms with E-state index in [-0.39, 0.29) is 17.4 Å². The average Bonchev–Trinajstić information content (AvgIpc) is 3.25. The van der Waals surface area contributed by atoms with Crippen LogP contribution in [0.25, 0.3) is 0 Å². The van der Waals surface area contributed by atoms with Gasteiger partial charge in [0.2, 0.25) is 11.0 Å². The summed E-state index contributed by atoms with van der Waals surface area (Å²) in [6.45, 7) is 1.89. The number of nitrogens with zero attached hydrogens (tertiary/aromatic N) is 2. The number of anilines is 2. The van der Waals surface area contributed by atoms with Crippen LogP contribution in [0.5, 0.6) is 0 Å². The van der Waals surface area contributed by atoms with Gasteiger partial charge in [-0.1, -0.05) is 40.8 Å². The third kappa shape index (κ3) is 5.55. The number of halogens is 2. The van der Waals surface area contributed by atoms with Gasteiger partial charge >= 0.3 is 0 Å². The fourth-order valence-electron chi connectivity index (χ4n) is 1.91. The zero-order chi connectivity index (χ0) is 19.4. The summed E-state index contributed by atoms with van der Waals surface area (Å²) in [5.74, 6) is -0.315. The highest BCUT2D eigenvalue weighted by atomic mass is 79.9. The number of carbonyl (C=O) groups is 2. The Bertz CT molecular complexity index is 992. The molecule has 0 atom stereocenters. The van der Waals surface area contributed by atoms with Gasteiger partial charge in [-0.15, -0.1) is 10.2 Å². The second-order valence-corrected chi connectivity index (χ2v) is 8.62. The van der Waals surface area contributed by atoms with Crippen molar-refractivity contribution < 1.29 is 14.0 Å². The summed E-state index contributed by atoms with van der Waals surface area (Å²) in [5.41, 5.74) is 1.57. The van der Waals surface area contributed by atoms with Gasteiger partial charge in [0, 0.05) is 10.7 Å². The van der Waals surface area contributed by atoms with E-state index in [0.717, 1.165) is 5.56 Å². The molecule has 2 heterocycles. The van der Waals surface area contributed by atoms with E-state index >= 15 is 0 Å². The van der Waals surface area contributed by atoms with Crippen molar-refractivity contribution in [1.82, 2.24) is 10.2 Å². The van der Waals surface area contributed by atoms with E-state index in [2.05, 4.69) is 36.8 Å². The van der Waals surface area contributed by atoms with Crippen LogP contribution in [0.1, 0.15) is 16.1 Å². The first-order valence-corrected chi connectivity index (χ1v) is 10.5. The van der Waals surface area contributed by atoms with E-state index in [1.807, 2.05) is 13.0 Å². The molecule has 0 saturated carbocycles. The van der Waals surface area contributed by atoms with E-state index < -0.39 is 5.91 Å². The molecule has 0 spiro atoms. The van der Waals surface area contributed by atoms with Crippen LogP contribution < -0.4 is 10.6 Å². The van der Waals surface area contributed by atoms with Crippen molar-refractivity contribution in [3.63, 3.8) is 0 Å². The van der Waals surface area contributed by atoms with E-state index in [9.17, 15) is 9.59 Å². The summed E-state index contributed by atoms with van der Waals surface area (Å²) in [5, 5.41) is 14.1. The van der Waals surface area contributed by atoms with E-state index in [1.165, 1.54) is 29.2 Å². The maximum absolute atomic E-state index is 12.0. The molecule has 0 aliphatic heterocycles. The highest BCUT2D eigenvalue weighted by Crippen LogP contribution is 2.26. The number of aryl methyl sites for hydroxylation is 1. The maximum atomic E-state index is 12.0. The molecule has 3 aromatic rings. The minimum Gasteiger partial charge on any atom is -0.444 e. The Kier molecular flexibility index (Phi) is 6.53. The SMILES string of the molecule is Cc1ccc(NC(=O)CSc2nnc(NC(=O)c3ccc(Br)o3)s2)cc1Cl. The lowest BCUT2D eigenvalue weighted by molar-refractivity contribution is -0.113. The Hall–Kier alpha value is -1.88. The molecule has 0 radical (unpaired) electrons. The molecular weight excluding hydrogens is 476 g/mol. The van der Waals surface area contributed by atoms with Crippen LogP contribution in [0.4, 0.5) is 10.8 Å². The number of amides is 2. The molecule has 0 saturated heterocycles. The number of aromatic nitrogens is 2. The summed E-state index contributed by atoms with van der Waals surface area (Å²) in [6, 6.07) is 8.48. The Morgan fingerprint density at radius 1 is 1.26 bits per heavy atom. The van der Waals surface area contributed by atoms with Crippen LogP contribution >= 0.6 is 50.6 Å². The fourth-order valence-corrected chi connectivity index (χ4v) is 3.94. The Balaban J connectivity index is 1.50. The second kappa shape index (κ2) is 8.87. The fraction of sp³-hybridized carbons (Fsp3) is 0.125. The van der Waals surface area contributed by atoms with Gasteiger partial charge in [0.15, 0.2) is 14.8 Å². The predicted octanol–water partition coefficient (Wildman–Crippen LogP) is 4.84. The van der Waals surface area contributed by atoms with Crippen molar-refractivity contribution in [2.45, 2.75) is 11.3 Å². The molecule has 1 aromatic carbocycles. The Morgan fingerprint density at radius 3 is 2.78 bits per heavy atom. The summed E-state index contributed by atoms with van der Waals surface area (Å²) in [6.07, 6.45) is 0. The minimum atomic E-state index is -0.428. The van der Waals surface area contributed by atoms with Gasteiger partial charge < -0.3 is 9.73 Å². The van der Waals surface area contributed by atoms with E-state index in [1.54, 1.807) is 18.2 Å². The minimum absolute atomic E-state index is 0.152. The van der Waals surface area contributed by atoms with Gasteiger partial charge in [0.1, 0.15) is 0 Å². The molecule has 3 rings (SSSR count). The van der Waals surface area contributed by atoms with Crippen molar-refractivity contribution in [3.05, 3.63) is 51.3 Å². The molecule has 0 aliphatic carbocycles. The van der Waals surface area contributed by atoms with Crippen LogP contribution in [-0.4, -0.2) is 27.8 Å². The highest BCUT2D eigenvalue weighted by Gasteiger charge is 2.14. The zero-order valence-electron chi connectivity index (χ0n) is 13.8. The smallest absolute Gasteiger partial charge is 0.293 e. The molecule has 11 heteroatoms. The average molecular weight is 488 g/mol. The van der Waals surface area contributed by atoms with Crippen molar-refractivity contribution in [2.75, 3.05) is 16.4 Å². The number of furan rings is 1. The van der Waals surface area contributed by atoms with Crippen LogP contribution in [0.3, 0.4) is 0 Å². The summed E-state index contributed by atoms with van der Waals surface area (Å²) in [7, 11) is 0. The van der Waals surface area contributed by atoms with Crippen LogP contribution in [0.2, 0.25) is 5.02 Å². The molecule has 140 valence electrons. The van der Waals surface area contributed by atoms with Gasteiger partial charge in [-0.25, -0.2) is 0 Å². The topological polar surface area (TPSA) is 97.1 Å². The molecular formula is C16H12BrClN4O3S2. The number of rotatable bonds is 6. The molecule has 2 aromatic heterocycles. The zero-order valence-corrected chi connectivity index (χ0v) is 17.8. The lowest BCUT2D eigenvalue weighted by Gasteiger charge is -2.05. The number of hydrogen-bond acceptors (Lipinski definition) is 7. The standard InChI is InChI=1S/C16H12BrClN4O3S2/c1-8-2-3-9(6-10(8)18)19-13(23)7-26-16-22-21-15(27-16)20-14(24)11-4-5-12(17)25-11/h2-6H,7H2,1H3,(H,19,23)(H,20,21,24). The van der Waals surface area contributed by atoms with Crippen LogP contribution in [-0.2, 0) is 4.79 Å². The summed E-state index contributed by atoms with van der Waals surface area (Å²) >= 11 is 11.6. The third-order valence-electron chi connectivity index (χ3n) is 3.21. The quantitative estimate of drug-likeness (QED) is 0.381. The number of nitrogens with one attached hydrogen (secondary N) is 2. The van der Waals surface area contributed by atoms with Crippen molar-refractivity contribution in [2.24, 2.45) is 0 Å². The predicted molar refractivity (Wildman–Crippen MR) is 110 cm³/mol.